The normalized spacial score (nSPS) is 15.9. The summed E-state index contributed by atoms with van der Waals surface area (Å²) in [6.45, 7) is 3.67. The molecular formula is C7H14O4. The molecule has 0 radical (unpaired) electrons. The molecule has 4 heteroatoms. The lowest BCUT2D eigenvalue weighted by atomic mass is 10.1. The summed E-state index contributed by atoms with van der Waals surface area (Å²) >= 11 is 0. The smallest absolute Gasteiger partial charge is 0.338 e. The van der Waals surface area contributed by atoms with Gasteiger partial charge in [-0.3, -0.25) is 0 Å². The van der Waals surface area contributed by atoms with Crippen LogP contribution in [0, 0.1) is 0 Å². The minimum atomic E-state index is -1.20. The van der Waals surface area contributed by atoms with Crippen molar-refractivity contribution in [2.24, 2.45) is 0 Å². The topological polar surface area (TPSA) is 55.8 Å². The summed E-state index contributed by atoms with van der Waals surface area (Å²) in [7, 11) is 1.44. The van der Waals surface area contributed by atoms with Crippen molar-refractivity contribution in [3.05, 3.63) is 0 Å². The third-order valence-corrected chi connectivity index (χ3v) is 1.34. The zero-order chi connectivity index (χ0) is 8.91. The molecule has 0 saturated heterocycles. The van der Waals surface area contributed by atoms with E-state index in [2.05, 4.69) is 0 Å². The van der Waals surface area contributed by atoms with Crippen LogP contribution in [0.4, 0.5) is 0 Å². The van der Waals surface area contributed by atoms with Crippen molar-refractivity contribution in [1.29, 1.82) is 0 Å². The first-order valence-electron chi connectivity index (χ1n) is 3.43. The van der Waals surface area contributed by atoms with Gasteiger partial charge >= 0.3 is 5.97 Å². The predicted octanol–water partition coefficient (Wildman–Crippen LogP) is 0.513. The van der Waals surface area contributed by atoms with Gasteiger partial charge in [0.25, 0.3) is 0 Å². The number of carboxylic acids is 1. The van der Waals surface area contributed by atoms with Crippen LogP contribution in [0.2, 0.25) is 0 Å². The number of hydrogen-bond donors (Lipinski definition) is 1. The van der Waals surface area contributed by atoms with Gasteiger partial charge in [-0.2, -0.15) is 0 Å². The SMILES string of the molecule is CCOC(C)(COC)C(=O)O. The van der Waals surface area contributed by atoms with Gasteiger partial charge in [-0.25, -0.2) is 4.79 Å². The molecule has 0 spiro atoms. The van der Waals surface area contributed by atoms with E-state index in [0.29, 0.717) is 6.61 Å². The molecule has 11 heavy (non-hydrogen) atoms. The van der Waals surface area contributed by atoms with Crippen LogP contribution in [0.3, 0.4) is 0 Å². The number of ether oxygens (including phenoxy) is 2. The molecule has 0 aliphatic heterocycles. The summed E-state index contributed by atoms with van der Waals surface area (Å²) in [6, 6.07) is 0. The minimum Gasteiger partial charge on any atom is -0.479 e. The maximum atomic E-state index is 10.6. The summed E-state index contributed by atoms with van der Waals surface area (Å²) in [6.07, 6.45) is 0. The van der Waals surface area contributed by atoms with Crippen LogP contribution < -0.4 is 0 Å². The van der Waals surface area contributed by atoms with Crippen molar-refractivity contribution >= 4 is 5.97 Å². The monoisotopic (exact) mass is 162 g/mol. The summed E-state index contributed by atoms with van der Waals surface area (Å²) in [5.41, 5.74) is -1.20. The van der Waals surface area contributed by atoms with Gasteiger partial charge in [-0.1, -0.05) is 0 Å². The molecule has 0 rings (SSSR count). The van der Waals surface area contributed by atoms with E-state index in [0.717, 1.165) is 0 Å². The molecule has 4 nitrogen and oxygen atoms in total. The Morgan fingerprint density at radius 3 is 2.45 bits per heavy atom. The molecule has 0 aromatic heterocycles. The first kappa shape index (κ1) is 10.4. The van der Waals surface area contributed by atoms with Gasteiger partial charge in [0, 0.05) is 13.7 Å². The van der Waals surface area contributed by atoms with Crippen LogP contribution in [-0.2, 0) is 14.3 Å². The first-order valence-corrected chi connectivity index (χ1v) is 3.43. The predicted molar refractivity (Wildman–Crippen MR) is 39.5 cm³/mol. The summed E-state index contributed by atoms with van der Waals surface area (Å²) in [5, 5.41) is 8.69. The molecule has 0 bridgehead atoms. The molecule has 0 aliphatic carbocycles. The van der Waals surface area contributed by atoms with Gasteiger partial charge in [0.05, 0.1) is 6.61 Å². The van der Waals surface area contributed by atoms with Crippen LogP contribution >= 0.6 is 0 Å². The van der Waals surface area contributed by atoms with Crippen molar-refractivity contribution in [3.63, 3.8) is 0 Å². The van der Waals surface area contributed by atoms with Crippen molar-refractivity contribution in [1.82, 2.24) is 0 Å². The fraction of sp³-hybridized carbons (Fsp3) is 0.857. The second-order valence-corrected chi connectivity index (χ2v) is 2.40. The molecule has 0 aliphatic rings. The van der Waals surface area contributed by atoms with Crippen LogP contribution in [0.5, 0.6) is 0 Å². The molecule has 0 aromatic rings. The van der Waals surface area contributed by atoms with Crippen molar-refractivity contribution in [3.8, 4) is 0 Å². The Bertz CT molecular complexity index is 126. The summed E-state index contributed by atoms with van der Waals surface area (Å²) in [4.78, 5) is 10.6. The lowest BCUT2D eigenvalue weighted by molar-refractivity contribution is -0.169. The van der Waals surface area contributed by atoms with E-state index >= 15 is 0 Å². The third kappa shape index (κ3) is 2.86. The Hall–Kier alpha value is -0.610. The minimum absolute atomic E-state index is 0.0656. The largest absolute Gasteiger partial charge is 0.479 e. The van der Waals surface area contributed by atoms with Crippen molar-refractivity contribution < 1.29 is 19.4 Å². The van der Waals surface area contributed by atoms with E-state index in [1.165, 1.54) is 14.0 Å². The standard InChI is InChI=1S/C7H14O4/c1-4-11-7(2,5-10-3)6(8)9/h4-5H2,1-3H3,(H,8,9). The highest BCUT2D eigenvalue weighted by Crippen LogP contribution is 2.10. The summed E-state index contributed by atoms with van der Waals surface area (Å²) in [5.74, 6) is -0.999. The average Bonchev–Trinajstić information content (AvgIpc) is 1.88. The van der Waals surface area contributed by atoms with Crippen LogP contribution in [0.25, 0.3) is 0 Å². The van der Waals surface area contributed by atoms with Gasteiger partial charge in [0.2, 0.25) is 0 Å². The highest BCUT2D eigenvalue weighted by Gasteiger charge is 2.33. The first-order chi connectivity index (χ1) is 5.06. The number of hydrogen-bond acceptors (Lipinski definition) is 3. The highest BCUT2D eigenvalue weighted by molar-refractivity contribution is 5.77. The average molecular weight is 162 g/mol. The number of carboxylic acid groups (broad SMARTS) is 1. The Balaban J connectivity index is 4.13. The van der Waals surface area contributed by atoms with Crippen LogP contribution in [0.15, 0.2) is 0 Å². The van der Waals surface area contributed by atoms with Gasteiger partial charge in [0.15, 0.2) is 5.60 Å². The maximum absolute atomic E-state index is 10.6. The quantitative estimate of drug-likeness (QED) is 0.640. The van der Waals surface area contributed by atoms with E-state index in [-0.39, 0.29) is 6.61 Å². The molecule has 1 unspecified atom stereocenters. The van der Waals surface area contributed by atoms with Gasteiger partial charge < -0.3 is 14.6 Å². The third-order valence-electron chi connectivity index (χ3n) is 1.34. The zero-order valence-corrected chi connectivity index (χ0v) is 7.09. The van der Waals surface area contributed by atoms with Gasteiger partial charge in [-0.05, 0) is 13.8 Å². The fourth-order valence-corrected chi connectivity index (χ4v) is 0.759. The molecule has 0 fully saturated rings. The zero-order valence-electron chi connectivity index (χ0n) is 7.09. The lowest BCUT2D eigenvalue weighted by Gasteiger charge is -2.23. The molecule has 66 valence electrons. The molecule has 0 heterocycles. The fourth-order valence-electron chi connectivity index (χ4n) is 0.759. The van der Waals surface area contributed by atoms with E-state index in [9.17, 15) is 4.79 Å². The maximum Gasteiger partial charge on any atom is 0.338 e. The number of aliphatic carboxylic acids is 1. The van der Waals surface area contributed by atoms with Crippen molar-refractivity contribution in [2.45, 2.75) is 19.4 Å². The molecule has 1 N–H and O–H groups in total. The highest BCUT2D eigenvalue weighted by atomic mass is 16.6. The van der Waals surface area contributed by atoms with Crippen LogP contribution in [-0.4, -0.2) is 37.0 Å². The Kier molecular flexibility index (Phi) is 4.07. The van der Waals surface area contributed by atoms with Crippen molar-refractivity contribution in [2.75, 3.05) is 20.3 Å². The molecule has 1 atom stereocenters. The molecule has 0 amide bonds. The second-order valence-electron chi connectivity index (χ2n) is 2.40. The Morgan fingerprint density at radius 2 is 2.18 bits per heavy atom. The summed E-state index contributed by atoms with van der Waals surface area (Å²) < 4.78 is 9.72. The molecule has 0 saturated carbocycles. The Morgan fingerprint density at radius 1 is 1.64 bits per heavy atom. The van der Waals surface area contributed by atoms with E-state index in [1.807, 2.05) is 0 Å². The second kappa shape index (κ2) is 4.31. The molecular weight excluding hydrogens is 148 g/mol. The van der Waals surface area contributed by atoms with E-state index < -0.39 is 11.6 Å². The Labute approximate surface area is 66.1 Å². The van der Waals surface area contributed by atoms with Gasteiger partial charge in [-0.15, -0.1) is 0 Å². The van der Waals surface area contributed by atoms with Gasteiger partial charge in [0.1, 0.15) is 0 Å². The number of rotatable bonds is 5. The number of carbonyl (C=O) groups is 1. The number of methoxy groups -OCH3 is 1. The van der Waals surface area contributed by atoms with E-state index in [1.54, 1.807) is 6.92 Å². The van der Waals surface area contributed by atoms with Crippen LogP contribution in [0.1, 0.15) is 13.8 Å². The van der Waals surface area contributed by atoms with E-state index in [4.69, 9.17) is 14.6 Å². The lowest BCUT2D eigenvalue weighted by Crippen LogP contribution is -2.42. The molecule has 0 aromatic carbocycles.